The van der Waals surface area contributed by atoms with Crippen molar-refractivity contribution in [1.29, 1.82) is 0 Å². The van der Waals surface area contributed by atoms with Crippen molar-refractivity contribution in [3.8, 4) is 5.75 Å². The first kappa shape index (κ1) is 16.3. The number of carbonyl (C=O) groups excluding carboxylic acids is 1. The molecule has 8 heteroatoms. The molecule has 0 aliphatic rings. The minimum atomic E-state index is -0.565. The summed E-state index contributed by atoms with van der Waals surface area (Å²) in [7, 11) is 0. The molecular formula is C15H16N4O4. The zero-order valence-corrected chi connectivity index (χ0v) is 12.8. The number of nitro benzene ring substituents is 1. The molecule has 2 rings (SSSR count). The summed E-state index contributed by atoms with van der Waals surface area (Å²) in [5.74, 6) is -0.289. The lowest BCUT2D eigenvalue weighted by Gasteiger charge is -2.02. The van der Waals surface area contributed by atoms with Crippen LogP contribution >= 0.6 is 0 Å². The normalized spacial score (nSPS) is 11.0. The Morgan fingerprint density at radius 1 is 1.43 bits per heavy atom. The van der Waals surface area contributed by atoms with Gasteiger partial charge in [-0.05, 0) is 26.0 Å². The third-order valence-electron chi connectivity index (χ3n) is 3.15. The van der Waals surface area contributed by atoms with Crippen LogP contribution in [0.2, 0.25) is 0 Å². The maximum absolute atomic E-state index is 11.9. The maximum Gasteiger partial charge on any atom is 0.270 e. The maximum atomic E-state index is 11.9. The largest absolute Gasteiger partial charge is 0.507 e. The van der Waals surface area contributed by atoms with Gasteiger partial charge in [-0.25, -0.2) is 0 Å². The third kappa shape index (κ3) is 4.22. The minimum Gasteiger partial charge on any atom is -0.507 e. The Balaban J connectivity index is 2.01. The number of aromatic hydroxyl groups is 1. The van der Waals surface area contributed by atoms with Gasteiger partial charge in [-0.1, -0.05) is 0 Å². The number of hydrogen-bond donors (Lipinski definition) is 1. The van der Waals surface area contributed by atoms with Crippen LogP contribution in [0.3, 0.4) is 0 Å². The first-order valence-electron chi connectivity index (χ1n) is 6.87. The number of phenolic OH excluding ortho intramolecular Hbond substituents is 1. The number of carbonyl (C=O) groups is 1. The van der Waals surface area contributed by atoms with Gasteiger partial charge in [0.1, 0.15) is 12.3 Å². The average molecular weight is 316 g/mol. The number of phenols is 1. The Morgan fingerprint density at radius 3 is 2.78 bits per heavy atom. The lowest BCUT2D eigenvalue weighted by Crippen LogP contribution is -2.15. The zero-order valence-electron chi connectivity index (χ0n) is 12.8. The molecule has 0 bridgehead atoms. The van der Waals surface area contributed by atoms with E-state index in [9.17, 15) is 20.0 Å². The minimum absolute atomic E-state index is 0.0967. The molecule has 23 heavy (non-hydrogen) atoms. The van der Waals surface area contributed by atoms with Gasteiger partial charge >= 0.3 is 0 Å². The van der Waals surface area contributed by atoms with E-state index in [2.05, 4.69) is 10.1 Å². The molecule has 8 nitrogen and oxygen atoms in total. The van der Waals surface area contributed by atoms with Gasteiger partial charge in [-0.3, -0.25) is 24.6 Å². The molecule has 120 valence electrons. The second kappa shape index (κ2) is 6.82. The molecule has 1 heterocycles. The fourth-order valence-corrected chi connectivity index (χ4v) is 2.06. The van der Waals surface area contributed by atoms with Crippen LogP contribution in [-0.2, 0) is 11.3 Å². The van der Waals surface area contributed by atoms with Gasteiger partial charge in [0.25, 0.3) is 5.69 Å². The SMILES string of the molecule is Cc1cc(C)n(CC(=O)CN=Cc2cc([N+](=O)[O-])ccc2O)n1. The van der Waals surface area contributed by atoms with E-state index in [1.807, 2.05) is 19.9 Å². The molecule has 2 aromatic rings. The molecule has 0 saturated carbocycles. The fraction of sp³-hybridized carbons (Fsp3) is 0.267. The molecule has 0 amide bonds. The van der Waals surface area contributed by atoms with Gasteiger partial charge in [-0.15, -0.1) is 0 Å². The van der Waals surface area contributed by atoms with Crippen LogP contribution in [-0.4, -0.2) is 38.4 Å². The van der Waals surface area contributed by atoms with Crippen molar-refractivity contribution in [2.24, 2.45) is 4.99 Å². The molecule has 0 spiro atoms. The molecule has 0 unspecified atom stereocenters. The van der Waals surface area contributed by atoms with Crippen LogP contribution in [0.4, 0.5) is 5.69 Å². The number of aryl methyl sites for hydroxylation is 2. The summed E-state index contributed by atoms with van der Waals surface area (Å²) < 4.78 is 1.60. The van der Waals surface area contributed by atoms with E-state index < -0.39 is 4.92 Å². The first-order valence-corrected chi connectivity index (χ1v) is 6.87. The van der Waals surface area contributed by atoms with Crippen molar-refractivity contribution in [3.63, 3.8) is 0 Å². The van der Waals surface area contributed by atoms with Gasteiger partial charge in [-0.2, -0.15) is 5.10 Å². The van der Waals surface area contributed by atoms with Gasteiger partial charge in [0.2, 0.25) is 0 Å². The van der Waals surface area contributed by atoms with Crippen LogP contribution in [0.5, 0.6) is 5.75 Å². The highest BCUT2D eigenvalue weighted by Gasteiger charge is 2.09. The van der Waals surface area contributed by atoms with E-state index in [1.54, 1.807) is 4.68 Å². The summed E-state index contributed by atoms with van der Waals surface area (Å²) in [5.41, 5.74) is 1.76. The molecule has 0 aliphatic carbocycles. The van der Waals surface area contributed by atoms with Crippen LogP contribution < -0.4 is 0 Å². The lowest BCUT2D eigenvalue weighted by atomic mass is 10.2. The smallest absolute Gasteiger partial charge is 0.270 e. The molecule has 1 aromatic heterocycles. The van der Waals surface area contributed by atoms with Crippen LogP contribution in [0.15, 0.2) is 29.3 Å². The molecular weight excluding hydrogens is 300 g/mol. The summed E-state index contributed by atoms with van der Waals surface area (Å²) in [6.45, 7) is 3.72. The van der Waals surface area contributed by atoms with E-state index in [4.69, 9.17) is 0 Å². The summed E-state index contributed by atoms with van der Waals surface area (Å²) >= 11 is 0. The Bertz CT molecular complexity index is 780. The van der Waals surface area contributed by atoms with Gasteiger partial charge < -0.3 is 5.11 Å². The zero-order chi connectivity index (χ0) is 17.0. The van der Waals surface area contributed by atoms with Crippen LogP contribution in [0.25, 0.3) is 0 Å². The quantitative estimate of drug-likeness (QED) is 0.496. The number of hydrogen-bond acceptors (Lipinski definition) is 6. The second-order valence-corrected chi connectivity index (χ2v) is 5.09. The molecule has 0 radical (unpaired) electrons. The topological polar surface area (TPSA) is 111 Å². The van der Waals surface area contributed by atoms with Crippen molar-refractivity contribution >= 4 is 17.7 Å². The summed E-state index contributed by atoms with van der Waals surface area (Å²) in [5, 5.41) is 24.5. The monoisotopic (exact) mass is 316 g/mol. The van der Waals surface area contributed by atoms with Gasteiger partial charge in [0.15, 0.2) is 5.78 Å². The Kier molecular flexibility index (Phi) is 4.85. The second-order valence-electron chi connectivity index (χ2n) is 5.09. The molecule has 0 aliphatic heterocycles. The van der Waals surface area contributed by atoms with E-state index in [1.165, 1.54) is 24.4 Å². The molecule has 1 aromatic carbocycles. The Morgan fingerprint density at radius 2 is 2.17 bits per heavy atom. The fourth-order valence-electron chi connectivity index (χ4n) is 2.06. The summed E-state index contributed by atoms with van der Waals surface area (Å²) in [6.07, 6.45) is 1.25. The van der Waals surface area contributed by atoms with Crippen molar-refractivity contribution in [2.45, 2.75) is 20.4 Å². The number of aliphatic imine (C=N–C) groups is 1. The first-order chi connectivity index (χ1) is 10.9. The summed E-state index contributed by atoms with van der Waals surface area (Å²) in [6, 6.07) is 5.49. The third-order valence-corrected chi connectivity index (χ3v) is 3.15. The molecule has 0 saturated heterocycles. The number of aromatic nitrogens is 2. The highest BCUT2D eigenvalue weighted by Crippen LogP contribution is 2.21. The Hall–Kier alpha value is -3.03. The van der Waals surface area contributed by atoms with Crippen molar-refractivity contribution in [3.05, 3.63) is 51.3 Å². The number of Topliss-reactive ketones (excluding diaryl/α,β-unsaturated/α-hetero) is 1. The number of nitro groups is 1. The number of rotatable bonds is 6. The summed E-state index contributed by atoms with van der Waals surface area (Å²) in [4.78, 5) is 26.0. The lowest BCUT2D eigenvalue weighted by molar-refractivity contribution is -0.384. The van der Waals surface area contributed by atoms with Gasteiger partial charge in [0.05, 0.1) is 17.2 Å². The standard InChI is InChI=1S/C15H16N4O4/c1-10-5-11(2)18(17-10)9-14(20)8-16-7-12-6-13(19(22)23)3-4-15(12)21/h3-7,21H,8-9H2,1-2H3. The number of benzene rings is 1. The highest BCUT2D eigenvalue weighted by molar-refractivity contribution is 5.87. The molecule has 0 fully saturated rings. The predicted molar refractivity (Wildman–Crippen MR) is 83.9 cm³/mol. The van der Waals surface area contributed by atoms with Crippen molar-refractivity contribution in [1.82, 2.24) is 9.78 Å². The molecule has 1 N–H and O–H groups in total. The van der Waals surface area contributed by atoms with Crippen molar-refractivity contribution < 1.29 is 14.8 Å². The number of ketones is 1. The van der Waals surface area contributed by atoms with E-state index in [-0.39, 0.29) is 35.9 Å². The van der Waals surface area contributed by atoms with E-state index >= 15 is 0 Å². The van der Waals surface area contributed by atoms with E-state index in [0.717, 1.165) is 11.4 Å². The van der Waals surface area contributed by atoms with E-state index in [0.29, 0.717) is 0 Å². The molecule has 0 atom stereocenters. The number of non-ortho nitro benzene ring substituents is 1. The Labute approximate surface area is 132 Å². The van der Waals surface area contributed by atoms with Crippen LogP contribution in [0.1, 0.15) is 17.0 Å². The van der Waals surface area contributed by atoms with Gasteiger partial charge in [0, 0.05) is 29.6 Å². The van der Waals surface area contributed by atoms with Crippen molar-refractivity contribution in [2.75, 3.05) is 6.54 Å². The highest BCUT2D eigenvalue weighted by atomic mass is 16.6. The average Bonchev–Trinajstić information content (AvgIpc) is 2.78. The predicted octanol–water partition coefficient (Wildman–Crippen LogP) is 1.80. The number of nitrogens with zero attached hydrogens (tertiary/aromatic N) is 4. The van der Waals surface area contributed by atoms with Crippen LogP contribution in [0, 0.1) is 24.0 Å².